The van der Waals surface area contributed by atoms with Crippen LogP contribution in [-0.2, 0) is 4.74 Å². The van der Waals surface area contributed by atoms with E-state index in [9.17, 15) is 0 Å². The first-order valence-electron chi connectivity index (χ1n) is 7.34. The van der Waals surface area contributed by atoms with E-state index in [4.69, 9.17) is 9.47 Å². The molecule has 1 aromatic rings. The highest BCUT2D eigenvalue weighted by Crippen LogP contribution is 2.24. The van der Waals surface area contributed by atoms with Gasteiger partial charge in [0.2, 0.25) is 0 Å². The average Bonchev–Trinajstić information content (AvgIpc) is 2.41. The van der Waals surface area contributed by atoms with Crippen LogP contribution in [0.1, 0.15) is 25.5 Å². The first kappa shape index (κ1) is 15.3. The molecule has 0 aliphatic carbocycles. The van der Waals surface area contributed by atoms with E-state index in [2.05, 4.69) is 29.4 Å². The Labute approximate surface area is 122 Å². The molecule has 4 nitrogen and oxygen atoms in total. The summed E-state index contributed by atoms with van der Waals surface area (Å²) in [5.74, 6) is 0.917. The fourth-order valence-electron chi connectivity index (χ4n) is 2.61. The lowest BCUT2D eigenvalue weighted by atomic mass is 10.00. The first-order chi connectivity index (χ1) is 9.60. The van der Waals surface area contributed by atoms with E-state index in [-0.39, 0.29) is 18.2 Å². The highest BCUT2D eigenvalue weighted by atomic mass is 16.5. The number of nitrogens with zero attached hydrogens (tertiary/aromatic N) is 1. The molecule has 1 N–H and O–H groups in total. The quantitative estimate of drug-likeness (QED) is 0.894. The first-order valence-corrected chi connectivity index (χ1v) is 7.34. The van der Waals surface area contributed by atoms with Crippen LogP contribution in [0.15, 0.2) is 24.3 Å². The van der Waals surface area contributed by atoms with Crippen LogP contribution >= 0.6 is 0 Å². The van der Waals surface area contributed by atoms with E-state index in [1.54, 1.807) is 0 Å². The van der Waals surface area contributed by atoms with Crippen molar-refractivity contribution in [3.63, 3.8) is 0 Å². The summed E-state index contributed by atoms with van der Waals surface area (Å²) < 4.78 is 11.6. The van der Waals surface area contributed by atoms with Crippen molar-refractivity contribution in [3.8, 4) is 5.75 Å². The van der Waals surface area contributed by atoms with E-state index >= 15 is 0 Å². The predicted molar refractivity (Wildman–Crippen MR) is 81.2 cm³/mol. The Bertz CT molecular complexity index is 405. The Kier molecular flexibility index (Phi) is 5.40. The van der Waals surface area contributed by atoms with Crippen molar-refractivity contribution in [3.05, 3.63) is 29.8 Å². The zero-order valence-corrected chi connectivity index (χ0v) is 12.9. The van der Waals surface area contributed by atoms with Crippen molar-refractivity contribution >= 4 is 0 Å². The van der Waals surface area contributed by atoms with Gasteiger partial charge >= 0.3 is 0 Å². The van der Waals surface area contributed by atoms with Crippen LogP contribution in [0.4, 0.5) is 0 Å². The summed E-state index contributed by atoms with van der Waals surface area (Å²) in [5, 5.41) is 3.38. The van der Waals surface area contributed by atoms with Crippen molar-refractivity contribution in [2.45, 2.75) is 32.1 Å². The number of morpholine rings is 1. The molecule has 2 rings (SSSR count). The van der Waals surface area contributed by atoms with Gasteiger partial charge < -0.3 is 19.7 Å². The van der Waals surface area contributed by atoms with Crippen molar-refractivity contribution < 1.29 is 9.47 Å². The van der Waals surface area contributed by atoms with Gasteiger partial charge in [0.05, 0.1) is 24.9 Å². The van der Waals surface area contributed by atoms with Gasteiger partial charge in [-0.1, -0.05) is 12.1 Å². The van der Waals surface area contributed by atoms with Crippen LogP contribution in [0, 0.1) is 0 Å². The van der Waals surface area contributed by atoms with Crippen molar-refractivity contribution in [1.82, 2.24) is 10.2 Å². The normalized spacial score (nSPS) is 21.9. The zero-order valence-electron chi connectivity index (χ0n) is 12.9. The van der Waals surface area contributed by atoms with Crippen LogP contribution in [-0.4, -0.2) is 50.9 Å². The molecule has 2 atom stereocenters. The molecule has 0 spiro atoms. The number of rotatable bonds is 5. The Morgan fingerprint density at radius 2 is 2.00 bits per heavy atom. The minimum atomic E-state index is 0.190. The molecule has 2 unspecified atom stereocenters. The Hall–Kier alpha value is -1.10. The molecule has 0 radical (unpaired) electrons. The van der Waals surface area contributed by atoms with Crippen LogP contribution in [0.3, 0.4) is 0 Å². The summed E-state index contributed by atoms with van der Waals surface area (Å²) in [6, 6.07) is 8.53. The molecule has 112 valence electrons. The molecule has 0 bridgehead atoms. The molecule has 1 aliphatic heterocycles. The Morgan fingerprint density at radius 1 is 1.30 bits per heavy atom. The second-order valence-electron chi connectivity index (χ2n) is 5.67. The summed E-state index contributed by atoms with van der Waals surface area (Å²) in [7, 11) is 4.13. The van der Waals surface area contributed by atoms with Gasteiger partial charge in [-0.2, -0.15) is 0 Å². The molecule has 4 heteroatoms. The lowest BCUT2D eigenvalue weighted by Gasteiger charge is -2.35. The smallest absolute Gasteiger partial charge is 0.119 e. The van der Waals surface area contributed by atoms with Crippen LogP contribution in [0.5, 0.6) is 5.75 Å². The maximum Gasteiger partial charge on any atom is 0.119 e. The zero-order chi connectivity index (χ0) is 14.5. The Morgan fingerprint density at radius 3 is 2.55 bits per heavy atom. The molecule has 1 heterocycles. The predicted octanol–water partition coefficient (Wildman–Crippen LogP) is 2.06. The molecule has 0 amide bonds. The molecule has 1 fully saturated rings. The number of benzene rings is 1. The van der Waals surface area contributed by atoms with Gasteiger partial charge in [0.15, 0.2) is 0 Å². The minimum absolute atomic E-state index is 0.190. The monoisotopic (exact) mass is 278 g/mol. The van der Waals surface area contributed by atoms with Gasteiger partial charge in [-0.3, -0.25) is 0 Å². The van der Waals surface area contributed by atoms with E-state index in [0.717, 1.165) is 25.4 Å². The van der Waals surface area contributed by atoms with Gasteiger partial charge in [0.25, 0.3) is 0 Å². The largest absolute Gasteiger partial charge is 0.491 e. The minimum Gasteiger partial charge on any atom is -0.491 e. The molecule has 1 aliphatic rings. The topological polar surface area (TPSA) is 33.7 Å². The lowest BCUT2D eigenvalue weighted by molar-refractivity contribution is -0.0380. The molecular formula is C16H26N2O2. The van der Waals surface area contributed by atoms with Gasteiger partial charge in [-0.15, -0.1) is 0 Å². The van der Waals surface area contributed by atoms with E-state index in [1.807, 2.05) is 33.0 Å². The third-order valence-corrected chi connectivity index (χ3v) is 3.59. The standard InChI is InChI=1S/C16H26N2O2/c1-12(2)20-14-7-5-13(6-8-14)16(17-3)15-11-18(4)9-10-19-15/h5-8,12,15-17H,9-11H2,1-4H3. The van der Waals surface area contributed by atoms with Gasteiger partial charge in [0, 0.05) is 13.1 Å². The van der Waals surface area contributed by atoms with Crippen molar-refractivity contribution in [1.29, 1.82) is 0 Å². The van der Waals surface area contributed by atoms with Crippen molar-refractivity contribution in [2.75, 3.05) is 33.8 Å². The van der Waals surface area contributed by atoms with Gasteiger partial charge in [-0.05, 0) is 45.6 Å². The van der Waals surface area contributed by atoms with Gasteiger partial charge in [-0.25, -0.2) is 0 Å². The molecule has 1 aromatic carbocycles. The SMILES string of the molecule is CNC(c1ccc(OC(C)C)cc1)C1CN(C)CCO1. The maximum absolute atomic E-state index is 5.92. The average molecular weight is 278 g/mol. The summed E-state index contributed by atoms with van der Waals surface area (Å²) in [5.41, 5.74) is 1.24. The highest BCUT2D eigenvalue weighted by Gasteiger charge is 2.26. The van der Waals surface area contributed by atoms with Crippen LogP contribution < -0.4 is 10.1 Å². The summed E-state index contributed by atoms with van der Waals surface area (Å²) in [4.78, 5) is 2.31. The molecule has 0 saturated carbocycles. The third kappa shape index (κ3) is 3.95. The van der Waals surface area contributed by atoms with Crippen molar-refractivity contribution in [2.24, 2.45) is 0 Å². The maximum atomic E-state index is 5.92. The molecule has 1 saturated heterocycles. The number of hydrogen-bond donors (Lipinski definition) is 1. The summed E-state index contributed by atoms with van der Waals surface area (Å²) in [6.45, 7) is 6.84. The highest BCUT2D eigenvalue weighted by molar-refractivity contribution is 5.30. The molecule has 20 heavy (non-hydrogen) atoms. The second-order valence-corrected chi connectivity index (χ2v) is 5.67. The van der Waals surface area contributed by atoms with Crippen LogP contribution in [0.2, 0.25) is 0 Å². The van der Waals surface area contributed by atoms with E-state index in [1.165, 1.54) is 5.56 Å². The summed E-state index contributed by atoms with van der Waals surface area (Å²) >= 11 is 0. The fraction of sp³-hybridized carbons (Fsp3) is 0.625. The molecular weight excluding hydrogens is 252 g/mol. The third-order valence-electron chi connectivity index (χ3n) is 3.59. The molecule has 0 aromatic heterocycles. The number of likely N-dealkylation sites (N-methyl/N-ethyl adjacent to an activating group) is 2. The Balaban J connectivity index is 2.07. The fourth-order valence-corrected chi connectivity index (χ4v) is 2.61. The second kappa shape index (κ2) is 7.07. The van der Waals surface area contributed by atoms with E-state index < -0.39 is 0 Å². The van der Waals surface area contributed by atoms with Crippen LogP contribution in [0.25, 0.3) is 0 Å². The summed E-state index contributed by atoms with van der Waals surface area (Å²) in [6.07, 6.45) is 0.395. The van der Waals surface area contributed by atoms with E-state index in [0.29, 0.717) is 0 Å². The number of nitrogens with one attached hydrogen (secondary N) is 1. The van der Waals surface area contributed by atoms with Gasteiger partial charge in [0.1, 0.15) is 5.75 Å². The number of ether oxygens (including phenoxy) is 2. The number of hydrogen-bond acceptors (Lipinski definition) is 4. The lowest BCUT2D eigenvalue weighted by Crippen LogP contribution is -2.46.